The van der Waals surface area contributed by atoms with Gasteiger partial charge in [-0.25, -0.2) is 0 Å². The van der Waals surface area contributed by atoms with Gasteiger partial charge in [-0.1, -0.05) is 29.8 Å². The lowest BCUT2D eigenvalue weighted by Gasteiger charge is -2.40. The normalized spacial score (nSPS) is 17.5. The van der Waals surface area contributed by atoms with Crippen molar-refractivity contribution in [1.29, 1.82) is 5.26 Å². The summed E-state index contributed by atoms with van der Waals surface area (Å²) in [7, 11) is 0. The fraction of sp³-hybridized carbons (Fsp3) is 0.258. The van der Waals surface area contributed by atoms with Gasteiger partial charge < -0.3 is 10.5 Å². The predicted molar refractivity (Wildman–Crippen MR) is 144 cm³/mol. The van der Waals surface area contributed by atoms with Crippen molar-refractivity contribution in [2.75, 3.05) is 4.90 Å². The van der Waals surface area contributed by atoms with Gasteiger partial charge in [-0.3, -0.25) is 14.7 Å². The van der Waals surface area contributed by atoms with Crippen molar-refractivity contribution in [2.24, 2.45) is 5.73 Å². The van der Waals surface area contributed by atoms with Crippen LogP contribution in [0.25, 0.3) is 0 Å². The molecule has 6 heteroatoms. The molecule has 1 aliphatic carbocycles. The van der Waals surface area contributed by atoms with E-state index < -0.39 is 5.92 Å². The highest BCUT2D eigenvalue weighted by Crippen LogP contribution is 2.47. The molecule has 0 radical (unpaired) electrons. The van der Waals surface area contributed by atoms with E-state index >= 15 is 0 Å². The molecule has 2 N–H and O–H groups in total. The number of rotatable bonds is 5. The van der Waals surface area contributed by atoms with E-state index in [0.29, 0.717) is 36.4 Å². The van der Waals surface area contributed by atoms with Crippen LogP contribution < -0.4 is 15.4 Å². The summed E-state index contributed by atoms with van der Waals surface area (Å²) < 4.78 is 6.09. The number of aromatic nitrogens is 1. The highest BCUT2D eigenvalue weighted by Gasteiger charge is 2.41. The number of anilines is 1. The van der Waals surface area contributed by atoms with Gasteiger partial charge in [0.2, 0.25) is 0 Å². The molecule has 2 aromatic carbocycles. The van der Waals surface area contributed by atoms with E-state index in [1.165, 1.54) is 5.56 Å². The quantitative estimate of drug-likeness (QED) is 0.479. The Bertz CT molecular complexity index is 1460. The van der Waals surface area contributed by atoms with Gasteiger partial charge in [-0.15, -0.1) is 0 Å². The molecular weight excluding hydrogens is 460 g/mol. The second kappa shape index (κ2) is 9.94. The molecule has 2 aliphatic rings. The van der Waals surface area contributed by atoms with Crippen LogP contribution in [0, 0.1) is 32.1 Å². The van der Waals surface area contributed by atoms with Crippen molar-refractivity contribution in [3.63, 3.8) is 0 Å². The molecule has 3 aromatic rings. The Morgan fingerprint density at radius 2 is 1.89 bits per heavy atom. The Morgan fingerprint density at radius 1 is 1.11 bits per heavy atom. The summed E-state index contributed by atoms with van der Waals surface area (Å²) in [6.07, 6.45) is 5.32. The van der Waals surface area contributed by atoms with Gasteiger partial charge in [0.05, 0.1) is 29.4 Å². The first-order chi connectivity index (χ1) is 17.9. The number of pyridine rings is 1. The predicted octanol–water partition coefficient (Wildman–Crippen LogP) is 5.89. The maximum Gasteiger partial charge on any atom is 0.161 e. The van der Waals surface area contributed by atoms with Crippen LogP contribution >= 0.6 is 0 Å². The lowest BCUT2D eigenvalue weighted by molar-refractivity contribution is -0.116. The maximum atomic E-state index is 13.5. The summed E-state index contributed by atoms with van der Waals surface area (Å²) in [4.78, 5) is 19.5. The molecule has 2 heterocycles. The Morgan fingerprint density at radius 3 is 2.59 bits per heavy atom. The van der Waals surface area contributed by atoms with Crippen molar-refractivity contribution in [3.05, 3.63) is 111 Å². The van der Waals surface area contributed by atoms with Crippen LogP contribution in [0.5, 0.6) is 5.75 Å². The smallest absolute Gasteiger partial charge is 0.161 e. The summed E-state index contributed by atoms with van der Waals surface area (Å²) in [6, 6.07) is 18.2. The number of nitriles is 1. The number of ether oxygens (including phenoxy) is 1. The van der Waals surface area contributed by atoms with Crippen LogP contribution in [-0.2, 0) is 11.4 Å². The summed E-state index contributed by atoms with van der Waals surface area (Å²) >= 11 is 0. The number of carbonyl (C=O) groups excluding carboxylic acids is 1. The molecule has 6 nitrogen and oxygen atoms in total. The van der Waals surface area contributed by atoms with Gasteiger partial charge >= 0.3 is 0 Å². The number of benzene rings is 2. The minimum atomic E-state index is -0.514. The van der Waals surface area contributed by atoms with Crippen LogP contribution in [0.3, 0.4) is 0 Å². The van der Waals surface area contributed by atoms with Gasteiger partial charge in [-0.2, -0.15) is 5.26 Å². The minimum Gasteiger partial charge on any atom is -0.489 e. The molecule has 0 saturated carbocycles. The first-order valence-corrected chi connectivity index (χ1v) is 12.5. The number of allylic oxidation sites excluding steroid dienone is 3. The standard InChI is InChI=1S/C31H30N4O2/c1-19-9-11-24(12-10-19)37-18-22-15-25(21(3)14-20(22)2)29-26(16-32)31(33)35(23-6-5-13-34-17-23)27-7-4-8-28(36)30(27)29/h5-6,9-15,17,29H,4,7-8,18,33H2,1-3H3. The molecule has 1 unspecified atom stereocenters. The highest BCUT2D eigenvalue weighted by molar-refractivity contribution is 6.01. The average molecular weight is 491 g/mol. The fourth-order valence-corrected chi connectivity index (χ4v) is 5.36. The monoisotopic (exact) mass is 490 g/mol. The van der Waals surface area contributed by atoms with Crippen molar-refractivity contribution < 1.29 is 9.53 Å². The van der Waals surface area contributed by atoms with E-state index in [1.54, 1.807) is 12.4 Å². The molecule has 0 saturated heterocycles. The molecule has 5 rings (SSSR count). The van der Waals surface area contributed by atoms with Crippen molar-refractivity contribution >= 4 is 11.5 Å². The molecule has 0 bridgehead atoms. The van der Waals surface area contributed by atoms with Gasteiger partial charge in [-0.05, 0) is 80.1 Å². The zero-order valence-electron chi connectivity index (χ0n) is 21.4. The zero-order valence-corrected chi connectivity index (χ0v) is 21.4. The third kappa shape index (κ3) is 4.49. The summed E-state index contributed by atoms with van der Waals surface area (Å²) in [5, 5.41) is 10.3. The van der Waals surface area contributed by atoms with Crippen LogP contribution in [0.1, 0.15) is 53.0 Å². The Hall–Kier alpha value is -4.37. The number of carbonyl (C=O) groups is 1. The lowest BCUT2D eigenvalue weighted by Crippen LogP contribution is -2.39. The molecule has 1 aromatic heterocycles. The van der Waals surface area contributed by atoms with E-state index in [9.17, 15) is 10.1 Å². The third-order valence-electron chi connectivity index (χ3n) is 7.27. The third-order valence-corrected chi connectivity index (χ3v) is 7.27. The summed E-state index contributed by atoms with van der Waals surface area (Å²) in [5.41, 5.74) is 14.6. The van der Waals surface area contributed by atoms with E-state index in [1.807, 2.05) is 55.1 Å². The SMILES string of the molecule is Cc1ccc(OCc2cc(C3C(C#N)=C(N)N(c4cccnc4)C4=C3C(=O)CCC4)c(C)cc2C)cc1. The Kier molecular flexibility index (Phi) is 6.54. The topological polar surface area (TPSA) is 92.2 Å². The van der Waals surface area contributed by atoms with E-state index in [2.05, 4.69) is 30.1 Å². The molecule has 186 valence electrons. The number of ketones is 1. The molecule has 37 heavy (non-hydrogen) atoms. The minimum absolute atomic E-state index is 0.0674. The van der Waals surface area contributed by atoms with Crippen molar-refractivity contribution in [1.82, 2.24) is 4.98 Å². The first-order valence-electron chi connectivity index (χ1n) is 12.5. The molecule has 0 amide bonds. The van der Waals surface area contributed by atoms with Gasteiger partial charge in [0.1, 0.15) is 18.2 Å². The molecule has 0 spiro atoms. The van der Waals surface area contributed by atoms with Gasteiger partial charge in [0.25, 0.3) is 0 Å². The number of hydrogen-bond donors (Lipinski definition) is 1. The Balaban J connectivity index is 1.61. The number of nitrogens with zero attached hydrogens (tertiary/aromatic N) is 3. The van der Waals surface area contributed by atoms with Gasteiger partial charge in [0.15, 0.2) is 5.78 Å². The molecular formula is C31H30N4O2. The maximum absolute atomic E-state index is 13.5. The number of Topliss-reactive ketones (excluding diaryl/α,β-unsaturated/α-hetero) is 1. The average Bonchev–Trinajstić information content (AvgIpc) is 2.89. The van der Waals surface area contributed by atoms with Crippen LogP contribution in [0.15, 0.2) is 83.6 Å². The fourth-order valence-electron chi connectivity index (χ4n) is 5.36. The van der Waals surface area contributed by atoms with Crippen LogP contribution in [0.4, 0.5) is 5.69 Å². The van der Waals surface area contributed by atoms with Crippen molar-refractivity contribution in [2.45, 2.75) is 52.6 Å². The molecule has 0 fully saturated rings. The van der Waals surface area contributed by atoms with E-state index in [4.69, 9.17) is 10.5 Å². The highest BCUT2D eigenvalue weighted by atomic mass is 16.5. The zero-order chi connectivity index (χ0) is 26.1. The first kappa shape index (κ1) is 24.3. The lowest BCUT2D eigenvalue weighted by atomic mass is 9.74. The van der Waals surface area contributed by atoms with Gasteiger partial charge in [0, 0.05) is 23.9 Å². The van der Waals surface area contributed by atoms with Crippen LogP contribution in [0.2, 0.25) is 0 Å². The summed E-state index contributed by atoms with van der Waals surface area (Å²) in [5.74, 6) is 0.704. The second-order valence-corrected chi connectivity index (χ2v) is 9.76. The second-order valence-electron chi connectivity index (χ2n) is 9.76. The molecule has 1 atom stereocenters. The van der Waals surface area contributed by atoms with E-state index in [0.717, 1.165) is 45.8 Å². The Labute approximate surface area is 217 Å². The number of aryl methyl sites for hydroxylation is 3. The molecule has 1 aliphatic heterocycles. The largest absolute Gasteiger partial charge is 0.489 e. The van der Waals surface area contributed by atoms with Crippen LogP contribution in [-0.4, -0.2) is 10.8 Å². The van der Waals surface area contributed by atoms with E-state index in [-0.39, 0.29) is 5.78 Å². The number of hydrogen-bond acceptors (Lipinski definition) is 6. The van der Waals surface area contributed by atoms with Crippen molar-refractivity contribution in [3.8, 4) is 11.8 Å². The number of nitrogens with two attached hydrogens (primary N) is 1. The summed E-state index contributed by atoms with van der Waals surface area (Å²) in [6.45, 7) is 6.51.